The summed E-state index contributed by atoms with van der Waals surface area (Å²) >= 11 is 5.89. The highest BCUT2D eigenvalue weighted by atomic mass is 35.5. The van der Waals surface area contributed by atoms with Crippen LogP contribution in [-0.4, -0.2) is 28.5 Å². The van der Waals surface area contributed by atoms with Crippen molar-refractivity contribution in [2.45, 2.75) is 18.9 Å². The average Bonchev–Trinajstić information content (AvgIpc) is 2.56. The van der Waals surface area contributed by atoms with Crippen LogP contribution in [0.5, 0.6) is 0 Å². The second-order valence-corrected chi connectivity index (χ2v) is 6.85. The van der Waals surface area contributed by atoms with Gasteiger partial charge in [0, 0.05) is 47.9 Å². The normalized spacial score (nSPS) is 22.6. The van der Waals surface area contributed by atoms with E-state index in [2.05, 4.69) is 0 Å². The number of benzene rings is 1. The number of hydrogen-bond acceptors (Lipinski definition) is 2. The van der Waals surface area contributed by atoms with Gasteiger partial charge in [0.15, 0.2) is 0 Å². The smallest absolute Gasteiger partial charge is 0.253 e. The first kappa shape index (κ1) is 14.5. The Balaban J connectivity index is 1.62. The Bertz CT molecular complexity index is 813. The summed E-state index contributed by atoms with van der Waals surface area (Å²) in [7, 11) is 0. The third-order valence-corrected chi connectivity index (χ3v) is 5.11. The maximum atomic E-state index is 12.7. The van der Waals surface area contributed by atoms with Gasteiger partial charge in [-0.1, -0.05) is 17.7 Å². The zero-order valence-electron chi connectivity index (χ0n) is 12.6. The van der Waals surface area contributed by atoms with Crippen LogP contribution in [0.4, 0.5) is 0 Å². The number of rotatable bonds is 1. The summed E-state index contributed by atoms with van der Waals surface area (Å²) in [6.07, 6.45) is 1.05. The lowest BCUT2D eigenvalue weighted by Crippen LogP contribution is -2.49. The lowest BCUT2D eigenvalue weighted by Gasteiger charge is -2.42. The van der Waals surface area contributed by atoms with E-state index in [1.54, 1.807) is 30.3 Å². The third kappa shape index (κ3) is 2.57. The summed E-state index contributed by atoms with van der Waals surface area (Å²) in [6.45, 7) is 2.08. The molecular formula is C18H17ClN2O2. The minimum absolute atomic E-state index is 0.0445. The molecule has 2 atom stereocenters. The fourth-order valence-corrected chi connectivity index (χ4v) is 3.96. The van der Waals surface area contributed by atoms with E-state index >= 15 is 0 Å². The lowest BCUT2D eigenvalue weighted by molar-refractivity contribution is 0.0594. The number of nitrogens with zero attached hydrogens (tertiary/aromatic N) is 2. The fraction of sp³-hybridized carbons (Fsp3) is 0.333. The Morgan fingerprint density at radius 1 is 1.04 bits per heavy atom. The van der Waals surface area contributed by atoms with E-state index in [1.807, 2.05) is 21.6 Å². The Morgan fingerprint density at radius 2 is 1.83 bits per heavy atom. The molecule has 3 heterocycles. The molecule has 118 valence electrons. The van der Waals surface area contributed by atoms with Crippen molar-refractivity contribution in [1.29, 1.82) is 0 Å². The Morgan fingerprint density at radius 3 is 2.61 bits per heavy atom. The molecule has 1 amide bonds. The van der Waals surface area contributed by atoms with Gasteiger partial charge in [-0.15, -0.1) is 0 Å². The standard InChI is InChI=1S/C18H17ClN2O2/c19-15-6-4-13(5-7-15)18(23)20-9-12-8-14(11-20)16-2-1-3-17(22)21(16)10-12/h1-7,12,14H,8-11H2/t12-,14+/m0/s1. The van der Waals surface area contributed by atoms with Gasteiger partial charge in [-0.05, 0) is 42.7 Å². The van der Waals surface area contributed by atoms with Crippen LogP contribution in [0.25, 0.3) is 0 Å². The Labute approximate surface area is 139 Å². The number of aromatic nitrogens is 1. The van der Waals surface area contributed by atoms with Gasteiger partial charge in [0.25, 0.3) is 11.5 Å². The minimum Gasteiger partial charge on any atom is -0.338 e. The first-order valence-corrected chi connectivity index (χ1v) is 8.24. The van der Waals surface area contributed by atoms with Crippen LogP contribution in [0.2, 0.25) is 5.02 Å². The van der Waals surface area contributed by atoms with E-state index in [-0.39, 0.29) is 17.4 Å². The monoisotopic (exact) mass is 328 g/mol. The number of pyridine rings is 1. The molecule has 1 fully saturated rings. The van der Waals surface area contributed by atoms with Crippen molar-refractivity contribution in [3.63, 3.8) is 0 Å². The molecular weight excluding hydrogens is 312 g/mol. The van der Waals surface area contributed by atoms with Crippen LogP contribution in [-0.2, 0) is 6.54 Å². The van der Waals surface area contributed by atoms with Gasteiger partial charge < -0.3 is 9.47 Å². The second-order valence-electron chi connectivity index (χ2n) is 6.42. The van der Waals surface area contributed by atoms with Crippen molar-refractivity contribution in [2.24, 2.45) is 5.92 Å². The lowest BCUT2D eigenvalue weighted by atomic mass is 9.83. The third-order valence-electron chi connectivity index (χ3n) is 4.86. The number of halogens is 1. The van der Waals surface area contributed by atoms with E-state index in [9.17, 15) is 9.59 Å². The SMILES string of the molecule is O=C(c1ccc(Cl)cc1)N1C[C@@H]2C[C@H](C1)c1cccc(=O)n1C2. The van der Waals surface area contributed by atoms with Crippen molar-refractivity contribution in [2.75, 3.05) is 13.1 Å². The highest BCUT2D eigenvalue weighted by Gasteiger charge is 2.36. The van der Waals surface area contributed by atoms with Crippen molar-refractivity contribution < 1.29 is 4.79 Å². The van der Waals surface area contributed by atoms with Crippen molar-refractivity contribution in [3.8, 4) is 0 Å². The zero-order valence-corrected chi connectivity index (χ0v) is 13.4. The molecule has 0 aliphatic carbocycles. The van der Waals surface area contributed by atoms with Crippen LogP contribution < -0.4 is 5.56 Å². The molecule has 1 saturated heterocycles. The molecule has 0 radical (unpaired) electrons. The van der Waals surface area contributed by atoms with Gasteiger partial charge in [0.1, 0.15) is 0 Å². The van der Waals surface area contributed by atoms with Gasteiger partial charge in [0.05, 0.1) is 0 Å². The van der Waals surface area contributed by atoms with E-state index in [0.29, 0.717) is 36.1 Å². The molecule has 2 aromatic rings. The van der Waals surface area contributed by atoms with Gasteiger partial charge in [-0.3, -0.25) is 9.59 Å². The predicted molar refractivity (Wildman–Crippen MR) is 88.9 cm³/mol. The molecule has 4 rings (SSSR count). The largest absolute Gasteiger partial charge is 0.338 e. The number of piperidine rings is 1. The van der Waals surface area contributed by atoms with Crippen LogP contribution >= 0.6 is 11.6 Å². The van der Waals surface area contributed by atoms with Gasteiger partial charge in [-0.25, -0.2) is 0 Å². The first-order chi connectivity index (χ1) is 11.1. The Hall–Kier alpha value is -2.07. The summed E-state index contributed by atoms with van der Waals surface area (Å²) < 4.78 is 1.88. The molecule has 4 nitrogen and oxygen atoms in total. The molecule has 1 aromatic carbocycles. The zero-order chi connectivity index (χ0) is 16.0. The molecule has 0 unspecified atom stereocenters. The van der Waals surface area contributed by atoms with E-state index in [4.69, 9.17) is 11.6 Å². The number of carbonyl (C=O) groups is 1. The molecule has 0 N–H and O–H groups in total. The topological polar surface area (TPSA) is 42.3 Å². The van der Waals surface area contributed by atoms with Crippen LogP contribution in [0.1, 0.15) is 28.4 Å². The van der Waals surface area contributed by atoms with Gasteiger partial charge >= 0.3 is 0 Å². The maximum Gasteiger partial charge on any atom is 0.253 e. The fourth-order valence-electron chi connectivity index (χ4n) is 3.84. The van der Waals surface area contributed by atoms with Gasteiger partial charge in [-0.2, -0.15) is 0 Å². The predicted octanol–water partition coefficient (Wildman–Crippen LogP) is 2.76. The highest BCUT2D eigenvalue weighted by molar-refractivity contribution is 6.30. The van der Waals surface area contributed by atoms with E-state index in [0.717, 1.165) is 12.1 Å². The molecule has 2 aliphatic heterocycles. The second kappa shape index (κ2) is 5.53. The van der Waals surface area contributed by atoms with Crippen LogP contribution in [0, 0.1) is 5.92 Å². The van der Waals surface area contributed by atoms with E-state index in [1.165, 1.54) is 0 Å². The summed E-state index contributed by atoms with van der Waals surface area (Å²) in [5.41, 5.74) is 1.79. The molecule has 0 spiro atoms. The molecule has 2 bridgehead atoms. The number of carbonyl (C=O) groups excluding carboxylic acids is 1. The number of fused-ring (bicyclic) bond motifs is 4. The maximum absolute atomic E-state index is 12.7. The average molecular weight is 329 g/mol. The highest BCUT2D eigenvalue weighted by Crippen LogP contribution is 2.35. The summed E-state index contributed by atoms with van der Waals surface area (Å²) in [5, 5.41) is 0.630. The molecule has 0 saturated carbocycles. The molecule has 2 aliphatic rings. The van der Waals surface area contributed by atoms with Gasteiger partial charge in [0.2, 0.25) is 0 Å². The quantitative estimate of drug-likeness (QED) is 0.808. The summed E-state index contributed by atoms with van der Waals surface area (Å²) in [6, 6.07) is 12.5. The van der Waals surface area contributed by atoms with Crippen molar-refractivity contribution in [3.05, 3.63) is 69.1 Å². The summed E-state index contributed by atoms with van der Waals surface area (Å²) in [5.74, 6) is 0.633. The minimum atomic E-state index is 0.0445. The Kier molecular flexibility index (Phi) is 3.49. The van der Waals surface area contributed by atoms with E-state index < -0.39 is 0 Å². The summed E-state index contributed by atoms with van der Waals surface area (Å²) in [4.78, 5) is 26.7. The molecule has 23 heavy (non-hydrogen) atoms. The number of hydrogen-bond donors (Lipinski definition) is 0. The van der Waals surface area contributed by atoms with Crippen molar-refractivity contribution in [1.82, 2.24) is 9.47 Å². The number of amides is 1. The number of likely N-dealkylation sites (tertiary alicyclic amines) is 1. The van der Waals surface area contributed by atoms with Crippen molar-refractivity contribution >= 4 is 17.5 Å². The van der Waals surface area contributed by atoms with Crippen LogP contribution in [0.3, 0.4) is 0 Å². The first-order valence-electron chi connectivity index (χ1n) is 7.86. The molecule has 1 aromatic heterocycles. The van der Waals surface area contributed by atoms with Crippen LogP contribution in [0.15, 0.2) is 47.3 Å². The molecule has 5 heteroatoms.